The van der Waals surface area contributed by atoms with Crippen molar-refractivity contribution in [2.45, 2.75) is 13.0 Å². The molecule has 0 saturated heterocycles. The average Bonchev–Trinajstić information content (AvgIpc) is 1.86. The molecular weight excluding hydrogens is 168 g/mol. The van der Waals surface area contributed by atoms with E-state index in [2.05, 4.69) is 4.72 Å². The maximum Gasteiger partial charge on any atom is 0.279 e. The van der Waals surface area contributed by atoms with Crippen molar-refractivity contribution in [2.75, 3.05) is 20.7 Å². The van der Waals surface area contributed by atoms with Crippen LogP contribution in [0, 0.1) is 0 Å². The third kappa shape index (κ3) is 3.66. The maximum atomic E-state index is 11.0. The Balaban J connectivity index is 4.15. The lowest BCUT2D eigenvalue weighted by Gasteiger charge is -2.15. The largest absolute Gasteiger partial charge is 0.395 e. The Morgan fingerprint density at radius 2 is 2.00 bits per heavy atom. The Labute approximate surface area is 67.2 Å². The summed E-state index contributed by atoms with van der Waals surface area (Å²) in [7, 11) is -0.540. The van der Waals surface area contributed by atoms with Gasteiger partial charge >= 0.3 is 0 Å². The fraction of sp³-hybridized carbons (Fsp3) is 1.00. The van der Waals surface area contributed by atoms with Crippen LogP contribution < -0.4 is 4.72 Å². The van der Waals surface area contributed by atoms with Crippen molar-refractivity contribution in [3.8, 4) is 0 Å². The van der Waals surface area contributed by atoms with Crippen LogP contribution in [0.2, 0.25) is 0 Å². The van der Waals surface area contributed by atoms with Gasteiger partial charge in [0.05, 0.1) is 6.61 Å². The molecule has 0 radical (unpaired) electrons. The first kappa shape index (κ1) is 10.8. The molecule has 0 aliphatic rings. The second-order valence-corrected chi connectivity index (χ2v) is 4.41. The van der Waals surface area contributed by atoms with Gasteiger partial charge in [-0.2, -0.15) is 17.4 Å². The van der Waals surface area contributed by atoms with Crippen LogP contribution in [-0.2, 0) is 10.2 Å². The molecule has 2 N–H and O–H groups in total. The number of hydrogen-bond donors (Lipinski definition) is 2. The lowest BCUT2D eigenvalue weighted by molar-refractivity contribution is 0.263. The van der Waals surface area contributed by atoms with E-state index in [1.807, 2.05) is 0 Å². The summed E-state index contributed by atoms with van der Waals surface area (Å²) in [5.41, 5.74) is 0. The zero-order valence-electron chi connectivity index (χ0n) is 6.90. The van der Waals surface area contributed by atoms with E-state index in [0.29, 0.717) is 0 Å². The Bertz CT molecular complexity index is 200. The van der Waals surface area contributed by atoms with Crippen molar-refractivity contribution in [1.29, 1.82) is 0 Å². The lowest BCUT2D eigenvalue weighted by Crippen LogP contribution is -2.42. The molecule has 0 aromatic rings. The molecule has 6 heteroatoms. The molecule has 68 valence electrons. The van der Waals surface area contributed by atoms with Crippen LogP contribution in [0.1, 0.15) is 6.92 Å². The van der Waals surface area contributed by atoms with Crippen molar-refractivity contribution >= 4 is 10.2 Å². The van der Waals surface area contributed by atoms with Gasteiger partial charge in [-0.15, -0.1) is 0 Å². The van der Waals surface area contributed by atoms with Gasteiger partial charge in [0.1, 0.15) is 0 Å². The smallest absolute Gasteiger partial charge is 0.279 e. The summed E-state index contributed by atoms with van der Waals surface area (Å²) in [6.45, 7) is 1.38. The van der Waals surface area contributed by atoms with Crippen LogP contribution in [0.4, 0.5) is 0 Å². The standard InChI is InChI=1S/C5H14N2O3S/c1-5(4-8)6-11(9,10)7(2)3/h5-6,8H,4H2,1-3H3/t5-/m0/s1. The lowest BCUT2D eigenvalue weighted by atomic mass is 10.4. The molecule has 5 nitrogen and oxygen atoms in total. The SMILES string of the molecule is C[C@@H](CO)NS(=O)(=O)N(C)C. The highest BCUT2D eigenvalue weighted by Crippen LogP contribution is 1.90. The summed E-state index contributed by atoms with van der Waals surface area (Å²) < 4.78 is 25.3. The van der Waals surface area contributed by atoms with E-state index in [4.69, 9.17) is 5.11 Å². The average molecular weight is 182 g/mol. The minimum absolute atomic E-state index is 0.201. The van der Waals surface area contributed by atoms with Crippen LogP contribution in [-0.4, -0.2) is 44.6 Å². The van der Waals surface area contributed by atoms with E-state index in [1.54, 1.807) is 6.92 Å². The third-order valence-electron chi connectivity index (χ3n) is 1.10. The molecular formula is C5H14N2O3S. The molecule has 0 aliphatic heterocycles. The van der Waals surface area contributed by atoms with E-state index in [0.717, 1.165) is 4.31 Å². The van der Waals surface area contributed by atoms with E-state index >= 15 is 0 Å². The minimum Gasteiger partial charge on any atom is -0.395 e. The predicted octanol–water partition coefficient (Wildman–Crippen LogP) is -1.24. The highest BCUT2D eigenvalue weighted by molar-refractivity contribution is 7.87. The van der Waals surface area contributed by atoms with Crippen LogP contribution in [0.5, 0.6) is 0 Å². The van der Waals surface area contributed by atoms with Gasteiger partial charge in [0.15, 0.2) is 0 Å². The van der Waals surface area contributed by atoms with Crippen LogP contribution in [0.15, 0.2) is 0 Å². The summed E-state index contributed by atoms with van der Waals surface area (Å²) in [4.78, 5) is 0. The van der Waals surface area contributed by atoms with Crippen molar-refractivity contribution in [3.05, 3.63) is 0 Å². The van der Waals surface area contributed by atoms with E-state index in [9.17, 15) is 8.42 Å². The number of aliphatic hydroxyl groups is 1. The van der Waals surface area contributed by atoms with Crippen molar-refractivity contribution < 1.29 is 13.5 Å². The summed E-state index contributed by atoms with van der Waals surface area (Å²) in [6, 6.07) is -0.442. The van der Waals surface area contributed by atoms with Crippen LogP contribution >= 0.6 is 0 Å². The number of rotatable bonds is 4. The molecule has 0 spiro atoms. The van der Waals surface area contributed by atoms with Gasteiger partial charge in [-0.1, -0.05) is 0 Å². The Morgan fingerprint density at radius 3 is 2.27 bits per heavy atom. The molecule has 0 aromatic carbocycles. The normalized spacial score (nSPS) is 15.4. The van der Waals surface area contributed by atoms with Gasteiger partial charge in [0.2, 0.25) is 0 Å². The summed E-state index contributed by atoms with van der Waals surface area (Å²) in [6.07, 6.45) is 0. The number of hydrogen-bond acceptors (Lipinski definition) is 3. The number of aliphatic hydroxyl groups excluding tert-OH is 1. The monoisotopic (exact) mass is 182 g/mol. The van der Waals surface area contributed by atoms with E-state index in [1.165, 1.54) is 14.1 Å². The molecule has 0 amide bonds. The molecule has 1 atom stereocenters. The van der Waals surface area contributed by atoms with E-state index in [-0.39, 0.29) is 6.61 Å². The quantitative estimate of drug-likeness (QED) is 0.571. The predicted molar refractivity (Wildman–Crippen MR) is 42.3 cm³/mol. The van der Waals surface area contributed by atoms with Gasteiger partial charge in [0.25, 0.3) is 10.2 Å². The summed E-state index contributed by atoms with van der Waals surface area (Å²) in [5, 5.41) is 8.53. The van der Waals surface area contributed by atoms with E-state index < -0.39 is 16.3 Å². The maximum absolute atomic E-state index is 11.0. The summed E-state index contributed by atoms with van der Waals surface area (Å²) >= 11 is 0. The first-order valence-electron chi connectivity index (χ1n) is 3.20. The fourth-order valence-corrected chi connectivity index (χ4v) is 1.19. The molecule has 0 bridgehead atoms. The highest BCUT2D eigenvalue weighted by atomic mass is 32.2. The Hall–Kier alpha value is -0.170. The molecule has 0 aromatic heterocycles. The van der Waals surface area contributed by atoms with Gasteiger partial charge < -0.3 is 5.11 Å². The van der Waals surface area contributed by atoms with Crippen LogP contribution in [0.3, 0.4) is 0 Å². The van der Waals surface area contributed by atoms with Crippen molar-refractivity contribution in [3.63, 3.8) is 0 Å². The molecule has 0 heterocycles. The highest BCUT2D eigenvalue weighted by Gasteiger charge is 2.15. The van der Waals surface area contributed by atoms with Gasteiger partial charge in [-0.25, -0.2) is 0 Å². The second-order valence-electron chi connectivity index (χ2n) is 2.49. The summed E-state index contributed by atoms with van der Waals surface area (Å²) in [5.74, 6) is 0. The third-order valence-corrected chi connectivity index (χ3v) is 2.77. The first-order valence-corrected chi connectivity index (χ1v) is 4.65. The van der Waals surface area contributed by atoms with Crippen LogP contribution in [0.25, 0.3) is 0 Å². The molecule has 0 aliphatic carbocycles. The Kier molecular flexibility index (Phi) is 3.95. The Morgan fingerprint density at radius 1 is 1.55 bits per heavy atom. The molecule has 0 saturated carbocycles. The number of nitrogens with zero attached hydrogens (tertiary/aromatic N) is 1. The van der Waals surface area contributed by atoms with Crippen molar-refractivity contribution in [1.82, 2.24) is 9.03 Å². The molecule has 0 rings (SSSR count). The zero-order valence-corrected chi connectivity index (χ0v) is 7.72. The number of nitrogens with one attached hydrogen (secondary N) is 1. The topological polar surface area (TPSA) is 69.6 Å². The molecule has 11 heavy (non-hydrogen) atoms. The minimum atomic E-state index is -3.39. The van der Waals surface area contributed by atoms with Gasteiger partial charge in [-0.3, -0.25) is 0 Å². The second kappa shape index (κ2) is 4.01. The van der Waals surface area contributed by atoms with Crippen molar-refractivity contribution in [2.24, 2.45) is 0 Å². The molecule has 0 unspecified atom stereocenters. The molecule has 0 fully saturated rings. The van der Waals surface area contributed by atoms with Gasteiger partial charge in [0, 0.05) is 20.1 Å². The van der Waals surface area contributed by atoms with Gasteiger partial charge in [-0.05, 0) is 6.92 Å². The zero-order chi connectivity index (χ0) is 9.07. The fourth-order valence-electron chi connectivity index (χ4n) is 0.397. The first-order chi connectivity index (χ1) is 4.90.